The zero-order valence-corrected chi connectivity index (χ0v) is 13.5. The van der Waals surface area contributed by atoms with Crippen molar-refractivity contribution >= 4 is 11.9 Å². The molecular weight excluding hydrogens is 332 g/mol. The Morgan fingerprint density at radius 1 is 1.08 bits per heavy atom. The smallest absolute Gasteiger partial charge is 0.311 e. The number of hydrogen-bond donors (Lipinski definition) is 1. The molecule has 0 aliphatic heterocycles. The molecule has 5 nitrogen and oxygen atoms in total. The molecule has 0 saturated carbocycles. The molecule has 0 aliphatic rings. The molecule has 0 unspecified atom stereocenters. The monoisotopic (exact) mass is 349 g/mol. The van der Waals surface area contributed by atoms with Gasteiger partial charge in [-0.2, -0.15) is 0 Å². The summed E-state index contributed by atoms with van der Waals surface area (Å²) in [5.41, 5.74) is 5.21. The summed E-state index contributed by atoms with van der Waals surface area (Å²) >= 11 is 0. The number of primary amides is 1. The van der Waals surface area contributed by atoms with E-state index in [9.17, 15) is 18.4 Å². The highest BCUT2D eigenvalue weighted by molar-refractivity contribution is 5.78. The molecule has 132 valence electrons. The Kier molecular flexibility index (Phi) is 6.05. The van der Waals surface area contributed by atoms with Crippen LogP contribution in [0.3, 0.4) is 0 Å². The zero-order chi connectivity index (χ0) is 18.4. The summed E-state index contributed by atoms with van der Waals surface area (Å²) in [5, 5.41) is 0. The predicted octanol–water partition coefficient (Wildman–Crippen LogP) is 2.76. The van der Waals surface area contributed by atoms with Gasteiger partial charge in [0.25, 0.3) is 5.91 Å². The zero-order valence-electron chi connectivity index (χ0n) is 13.5. The fraction of sp³-hybridized carbons (Fsp3) is 0.222. The molecule has 0 spiro atoms. The average molecular weight is 349 g/mol. The maximum Gasteiger partial charge on any atom is 0.311 e. The van der Waals surface area contributed by atoms with Crippen LogP contribution in [0.1, 0.15) is 18.9 Å². The van der Waals surface area contributed by atoms with Gasteiger partial charge in [-0.3, -0.25) is 9.59 Å². The first kappa shape index (κ1) is 18.4. The second-order valence-electron chi connectivity index (χ2n) is 5.32. The van der Waals surface area contributed by atoms with Crippen LogP contribution in [0.15, 0.2) is 42.5 Å². The fourth-order valence-corrected chi connectivity index (χ4v) is 2.01. The summed E-state index contributed by atoms with van der Waals surface area (Å²) in [6, 6.07) is 9.83. The Morgan fingerprint density at radius 2 is 1.72 bits per heavy atom. The van der Waals surface area contributed by atoms with E-state index >= 15 is 0 Å². The molecule has 2 N–H and O–H groups in total. The number of ether oxygens (including phenoxy) is 2. The van der Waals surface area contributed by atoms with Crippen molar-refractivity contribution in [3.63, 3.8) is 0 Å². The molecule has 2 aromatic carbocycles. The largest absolute Gasteiger partial charge is 0.481 e. The van der Waals surface area contributed by atoms with Crippen LogP contribution in [-0.2, 0) is 16.0 Å². The van der Waals surface area contributed by atoms with E-state index in [0.717, 1.165) is 6.07 Å². The predicted molar refractivity (Wildman–Crippen MR) is 86.0 cm³/mol. The van der Waals surface area contributed by atoms with Crippen LogP contribution in [0.5, 0.6) is 11.5 Å². The minimum absolute atomic E-state index is 0.0275. The van der Waals surface area contributed by atoms with Crippen LogP contribution in [0.2, 0.25) is 0 Å². The Balaban J connectivity index is 1.88. The number of carbonyl (C=O) groups is 2. The molecule has 0 fully saturated rings. The lowest BCUT2D eigenvalue weighted by Crippen LogP contribution is -2.30. The summed E-state index contributed by atoms with van der Waals surface area (Å²) in [4.78, 5) is 22.7. The van der Waals surface area contributed by atoms with Gasteiger partial charge in [-0.1, -0.05) is 12.1 Å². The van der Waals surface area contributed by atoms with Crippen molar-refractivity contribution in [1.29, 1.82) is 0 Å². The van der Waals surface area contributed by atoms with Gasteiger partial charge in [0, 0.05) is 0 Å². The molecule has 0 heterocycles. The topological polar surface area (TPSA) is 78.6 Å². The molecule has 1 amide bonds. The van der Waals surface area contributed by atoms with E-state index in [4.69, 9.17) is 15.2 Å². The summed E-state index contributed by atoms with van der Waals surface area (Å²) in [7, 11) is 0. The van der Waals surface area contributed by atoms with E-state index < -0.39 is 29.6 Å². The fourth-order valence-electron chi connectivity index (χ4n) is 2.01. The lowest BCUT2D eigenvalue weighted by molar-refractivity contribution is -0.134. The second-order valence-corrected chi connectivity index (χ2v) is 5.32. The molecule has 25 heavy (non-hydrogen) atoms. The van der Waals surface area contributed by atoms with Gasteiger partial charge >= 0.3 is 5.97 Å². The van der Waals surface area contributed by atoms with Crippen LogP contribution < -0.4 is 15.2 Å². The maximum atomic E-state index is 13.5. The molecule has 0 saturated heterocycles. The van der Waals surface area contributed by atoms with Crippen LogP contribution in [0.4, 0.5) is 8.78 Å². The number of hydrogen-bond acceptors (Lipinski definition) is 4. The quantitative estimate of drug-likeness (QED) is 0.616. The van der Waals surface area contributed by atoms with Crippen LogP contribution in [-0.4, -0.2) is 18.0 Å². The second kappa shape index (κ2) is 8.23. The first-order valence-electron chi connectivity index (χ1n) is 7.56. The third-order valence-electron chi connectivity index (χ3n) is 3.40. The van der Waals surface area contributed by atoms with Crippen molar-refractivity contribution in [1.82, 2.24) is 0 Å². The van der Waals surface area contributed by atoms with Gasteiger partial charge in [-0.25, -0.2) is 8.78 Å². The van der Waals surface area contributed by atoms with Crippen molar-refractivity contribution < 1.29 is 27.8 Å². The standard InChI is InChI=1S/C18H17F2NO4/c1-11(18(21)23)24-13-6-8-14(9-7-13)25-16(22)10-5-12-3-2-4-15(19)17(12)20/h2-4,6-9,11H,5,10H2,1H3,(H2,21,23)/t11-/m0/s1. The molecule has 7 heteroatoms. The van der Waals surface area contributed by atoms with E-state index in [1.165, 1.54) is 43.3 Å². The number of carbonyl (C=O) groups excluding carboxylic acids is 2. The van der Waals surface area contributed by atoms with E-state index in [1.807, 2.05) is 0 Å². The normalized spacial score (nSPS) is 11.6. The number of benzene rings is 2. The number of esters is 1. The first-order valence-corrected chi connectivity index (χ1v) is 7.56. The highest BCUT2D eigenvalue weighted by atomic mass is 19.2. The van der Waals surface area contributed by atoms with Gasteiger partial charge in [-0.15, -0.1) is 0 Å². The van der Waals surface area contributed by atoms with E-state index in [1.54, 1.807) is 0 Å². The third-order valence-corrected chi connectivity index (χ3v) is 3.40. The van der Waals surface area contributed by atoms with Gasteiger partial charge in [0.05, 0.1) is 6.42 Å². The highest BCUT2D eigenvalue weighted by Crippen LogP contribution is 2.20. The molecular formula is C18H17F2NO4. The lowest BCUT2D eigenvalue weighted by atomic mass is 10.1. The number of amides is 1. The Bertz CT molecular complexity index is 762. The molecule has 0 bridgehead atoms. The van der Waals surface area contributed by atoms with Crippen molar-refractivity contribution in [3.05, 3.63) is 59.7 Å². The van der Waals surface area contributed by atoms with E-state index in [-0.39, 0.29) is 24.2 Å². The van der Waals surface area contributed by atoms with Gasteiger partial charge < -0.3 is 15.2 Å². The van der Waals surface area contributed by atoms with Crippen LogP contribution in [0, 0.1) is 11.6 Å². The van der Waals surface area contributed by atoms with Crippen LogP contribution >= 0.6 is 0 Å². The van der Waals surface area contributed by atoms with Gasteiger partial charge in [0.1, 0.15) is 11.5 Å². The third kappa shape index (κ3) is 5.27. The summed E-state index contributed by atoms with van der Waals surface area (Å²) in [5.74, 6) is -2.42. The summed E-state index contributed by atoms with van der Waals surface area (Å²) < 4.78 is 37.0. The van der Waals surface area contributed by atoms with Crippen molar-refractivity contribution in [2.75, 3.05) is 0 Å². The van der Waals surface area contributed by atoms with Crippen molar-refractivity contribution in [3.8, 4) is 11.5 Å². The van der Waals surface area contributed by atoms with Gasteiger partial charge in [-0.05, 0) is 49.2 Å². The van der Waals surface area contributed by atoms with Crippen molar-refractivity contribution in [2.24, 2.45) is 5.73 Å². The highest BCUT2D eigenvalue weighted by Gasteiger charge is 2.12. The average Bonchev–Trinajstić information content (AvgIpc) is 2.58. The van der Waals surface area contributed by atoms with E-state index in [2.05, 4.69) is 0 Å². The summed E-state index contributed by atoms with van der Waals surface area (Å²) in [6.45, 7) is 1.52. The molecule has 2 aromatic rings. The lowest BCUT2D eigenvalue weighted by Gasteiger charge is -2.11. The molecule has 0 aromatic heterocycles. The van der Waals surface area contributed by atoms with Crippen molar-refractivity contribution in [2.45, 2.75) is 25.9 Å². The van der Waals surface area contributed by atoms with E-state index in [0.29, 0.717) is 5.75 Å². The summed E-state index contributed by atoms with van der Waals surface area (Å²) in [6.07, 6.45) is -0.855. The Hall–Kier alpha value is -2.96. The SMILES string of the molecule is C[C@H](Oc1ccc(OC(=O)CCc2cccc(F)c2F)cc1)C(N)=O. The van der Waals surface area contributed by atoms with Gasteiger partial charge in [0.2, 0.25) is 0 Å². The first-order chi connectivity index (χ1) is 11.9. The minimum atomic E-state index is -0.958. The number of aryl methyl sites for hydroxylation is 1. The molecule has 2 rings (SSSR count). The molecule has 1 atom stereocenters. The molecule has 0 radical (unpaired) electrons. The molecule has 0 aliphatic carbocycles. The number of rotatable bonds is 7. The maximum absolute atomic E-state index is 13.5. The van der Waals surface area contributed by atoms with Gasteiger partial charge in [0.15, 0.2) is 17.7 Å². The number of nitrogens with two attached hydrogens (primary N) is 1. The van der Waals surface area contributed by atoms with Crippen LogP contribution in [0.25, 0.3) is 0 Å². The Labute approximate surface area is 143 Å². The Morgan fingerprint density at radius 3 is 2.36 bits per heavy atom. The number of halogens is 2. The minimum Gasteiger partial charge on any atom is -0.481 e.